The summed E-state index contributed by atoms with van der Waals surface area (Å²) in [4.78, 5) is 4.35. The zero-order chi connectivity index (χ0) is 15.2. The Labute approximate surface area is 133 Å². The Kier molecular flexibility index (Phi) is 5.65. The molecule has 112 valence electrons. The number of anilines is 1. The third-order valence-corrected chi connectivity index (χ3v) is 3.39. The summed E-state index contributed by atoms with van der Waals surface area (Å²) in [5.41, 5.74) is 0.539. The molecule has 3 nitrogen and oxygen atoms in total. The second-order valence-corrected chi connectivity index (χ2v) is 5.21. The number of halogens is 3. The maximum atomic E-state index is 13.7. The van der Waals surface area contributed by atoms with Crippen molar-refractivity contribution in [2.75, 3.05) is 11.9 Å². The molecule has 0 unspecified atom stereocenters. The van der Waals surface area contributed by atoms with Crippen molar-refractivity contribution >= 4 is 29.0 Å². The van der Waals surface area contributed by atoms with Crippen LogP contribution >= 0.6 is 23.2 Å². The molecule has 21 heavy (non-hydrogen) atoms. The van der Waals surface area contributed by atoms with Crippen molar-refractivity contribution in [3.63, 3.8) is 0 Å². The van der Waals surface area contributed by atoms with Crippen molar-refractivity contribution in [2.45, 2.75) is 20.0 Å². The van der Waals surface area contributed by atoms with Crippen LogP contribution in [0.2, 0.25) is 10.0 Å². The van der Waals surface area contributed by atoms with Crippen LogP contribution in [0, 0.1) is 5.82 Å². The third-order valence-electron chi connectivity index (χ3n) is 2.76. The van der Waals surface area contributed by atoms with Crippen LogP contribution in [-0.2, 0) is 6.61 Å². The van der Waals surface area contributed by atoms with E-state index < -0.39 is 5.82 Å². The molecule has 1 heterocycles. The van der Waals surface area contributed by atoms with Crippen LogP contribution in [0.15, 0.2) is 30.3 Å². The second-order valence-electron chi connectivity index (χ2n) is 4.39. The Morgan fingerprint density at radius 2 is 2.00 bits per heavy atom. The summed E-state index contributed by atoms with van der Waals surface area (Å²) in [6.07, 6.45) is 0.990. The van der Waals surface area contributed by atoms with Gasteiger partial charge in [0.25, 0.3) is 0 Å². The molecule has 2 rings (SSSR count). The Morgan fingerprint density at radius 1 is 1.19 bits per heavy atom. The highest BCUT2D eigenvalue weighted by Gasteiger charge is 2.10. The molecule has 0 amide bonds. The van der Waals surface area contributed by atoms with Crippen LogP contribution in [0.1, 0.15) is 19.0 Å². The lowest BCUT2D eigenvalue weighted by Gasteiger charge is -2.10. The molecule has 0 saturated carbocycles. The largest absolute Gasteiger partial charge is 0.484 e. The van der Waals surface area contributed by atoms with E-state index in [-0.39, 0.29) is 17.4 Å². The van der Waals surface area contributed by atoms with E-state index in [1.165, 1.54) is 12.1 Å². The Bertz CT molecular complexity index is 623. The first kappa shape index (κ1) is 15.9. The first-order valence-electron chi connectivity index (χ1n) is 6.58. The van der Waals surface area contributed by atoms with Crippen molar-refractivity contribution < 1.29 is 9.13 Å². The standard InChI is InChI=1S/C15H15Cl2FN2O/c1-2-8-19-14-7-6-10(16)12(20-14)9-21-13-5-3-4-11(17)15(13)18/h3-7H,2,8-9H2,1H3,(H,19,20). The van der Waals surface area contributed by atoms with Gasteiger partial charge in [-0.2, -0.15) is 0 Å². The molecule has 6 heteroatoms. The van der Waals surface area contributed by atoms with Crippen LogP contribution < -0.4 is 10.1 Å². The first-order valence-corrected chi connectivity index (χ1v) is 7.33. The molecule has 2 aromatic rings. The molecule has 0 spiro atoms. The maximum Gasteiger partial charge on any atom is 0.183 e. The van der Waals surface area contributed by atoms with Crippen molar-refractivity contribution in [3.8, 4) is 5.75 Å². The molecule has 1 aromatic carbocycles. The minimum atomic E-state index is -0.587. The number of benzene rings is 1. The molecular weight excluding hydrogens is 314 g/mol. The van der Waals surface area contributed by atoms with E-state index in [0.717, 1.165) is 13.0 Å². The predicted octanol–water partition coefficient (Wildman–Crippen LogP) is 4.93. The summed E-state index contributed by atoms with van der Waals surface area (Å²) in [5, 5.41) is 3.65. The molecule has 0 atom stereocenters. The van der Waals surface area contributed by atoms with Gasteiger partial charge in [-0.3, -0.25) is 0 Å². The lowest BCUT2D eigenvalue weighted by Crippen LogP contribution is -2.06. The van der Waals surface area contributed by atoms with E-state index in [1.807, 2.05) is 0 Å². The molecule has 1 aromatic heterocycles. The predicted molar refractivity (Wildman–Crippen MR) is 83.8 cm³/mol. The number of hydrogen-bond donors (Lipinski definition) is 1. The number of nitrogens with zero attached hydrogens (tertiary/aromatic N) is 1. The fraction of sp³-hybridized carbons (Fsp3) is 0.267. The molecule has 0 saturated heterocycles. The second kappa shape index (κ2) is 7.48. The molecule has 0 bridgehead atoms. The number of ether oxygens (including phenoxy) is 1. The molecule has 1 N–H and O–H groups in total. The van der Waals surface area contributed by atoms with E-state index in [9.17, 15) is 4.39 Å². The SMILES string of the molecule is CCCNc1ccc(Cl)c(COc2cccc(Cl)c2F)n1. The highest BCUT2D eigenvalue weighted by molar-refractivity contribution is 6.31. The molecule has 0 aliphatic carbocycles. The number of aromatic nitrogens is 1. The Hall–Kier alpha value is -1.52. The number of pyridine rings is 1. The minimum absolute atomic E-state index is 0.0184. The number of hydrogen-bond acceptors (Lipinski definition) is 3. The van der Waals surface area contributed by atoms with Crippen molar-refractivity contribution in [3.05, 3.63) is 51.9 Å². The van der Waals surface area contributed by atoms with Crippen LogP contribution in [0.25, 0.3) is 0 Å². The van der Waals surface area contributed by atoms with E-state index in [1.54, 1.807) is 18.2 Å². The van der Waals surface area contributed by atoms with E-state index in [4.69, 9.17) is 27.9 Å². The molecule has 0 radical (unpaired) electrons. The van der Waals surface area contributed by atoms with Crippen molar-refractivity contribution in [2.24, 2.45) is 0 Å². The summed E-state index contributed by atoms with van der Waals surface area (Å²) < 4.78 is 19.1. The van der Waals surface area contributed by atoms with Gasteiger partial charge in [0.2, 0.25) is 0 Å². The van der Waals surface area contributed by atoms with Gasteiger partial charge in [-0.05, 0) is 30.7 Å². The average molecular weight is 329 g/mol. The fourth-order valence-corrected chi connectivity index (χ4v) is 2.00. The first-order chi connectivity index (χ1) is 10.1. The van der Waals surface area contributed by atoms with Crippen LogP contribution in [-0.4, -0.2) is 11.5 Å². The summed E-state index contributed by atoms with van der Waals surface area (Å²) in [6, 6.07) is 8.12. The highest BCUT2D eigenvalue weighted by Crippen LogP contribution is 2.26. The smallest absolute Gasteiger partial charge is 0.183 e. The van der Waals surface area contributed by atoms with Crippen LogP contribution in [0.5, 0.6) is 5.75 Å². The third kappa shape index (κ3) is 4.22. The van der Waals surface area contributed by atoms with Crippen molar-refractivity contribution in [1.82, 2.24) is 4.98 Å². The lowest BCUT2D eigenvalue weighted by molar-refractivity contribution is 0.286. The zero-order valence-corrected chi connectivity index (χ0v) is 13.0. The average Bonchev–Trinajstić information content (AvgIpc) is 2.49. The van der Waals surface area contributed by atoms with Crippen LogP contribution in [0.4, 0.5) is 10.2 Å². The number of rotatable bonds is 6. The van der Waals surface area contributed by atoms with Gasteiger partial charge in [-0.15, -0.1) is 0 Å². The summed E-state index contributed by atoms with van der Waals surface area (Å²) in [7, 11) is 0. The van der Waals surface area contributed by atoms with Gasteiger partial charge in [0.1, 0.15) is 12.4 Å². The molecule has 0 fully saturated rings. The highest BCUT2D eigenvalue weighted by atomic mass is 35.5. The van der Waals surface area contributed by atoms with Gasteiger partial charge < -0.3 is 10.1 Å². The Balaban J connectivity index is 2.10. The summed E-state index contributed by atoms with van der Waals surface area (Å²) >= 11 is 11.8. The van der Waals surface area contributed by atoms with Gasteiger partial charge in [0, 0.05) is 6.54 Å². The minimum Gasteiger partial charge on any atom is -0.484 e. The molecular formula is C15H15Cl2FN2O. The van der Waals surface area contributed by atoms with Gasteiger partial charge in [0.15, 0.2) is 11.6 Å². The summed E-state index contributed by atoms with van der Waals surface area (Å²) in [6.45, 7) is 2.95. The zero-order valence-electron chi connectivity index (χ0n) is 11.5. The van der Waals surface area contributed by atoms with Gasteiger partial charge >= 0.3 is 0 Å². The fourth-order valence-electron chi connectivity index (χ4n) is 1.68. The topological polar surface area (TPSA) is 34.1 Å². The summed E-state index contributed by atoms with van der Waals surface area (Å²) in [5.74, 6) is 0.203. The van der Waals surface area contributed by atoms with E-state index in [2.05, 4.69) is 17.2 Å². The molecule has 0 aliphatic rings. The monoisotopic (exact) mass is 328 g/mol. The lowest BCUT2D eigenvalue weighted by atomic mass is 10.3. The van der Waals surface area contributed by atoms with Gasteiger partial charge in [0.05, 0.1) is 15.7 Å². The van der Waals surface area contributed by atoms with E-state index >= 15 is 0 Å². The normalized spacial score (nSPS) is 10.5. The van der Waals surface area contributed by atoms with Crippen molar-refractivity contribution in [1.29, 1.82) is 0 Å². The quantitative estimate of drug-likeness (QED) is 0.816. The van der Waals surface area contributed by atoms with Gasteiger partial charge in [-0.25, -0.2) is 9.37 Å². The maximum absolute atomic E-state index is 13.7. The molecule has 0 aliphatic heterocycles. The van der Waals surface area contributed by atoms with Crippen LogP contribution in [0.3, 0.4) is 0 Å². The Morgan fingerprint density at radius 3 is 2.76 bits per heavy atom. The number of nitrogens with one attached hydrogen (secondary N) is 1. The van der Waals surface area contributed by atoms with Gasteiger partial charge in [-0.1, -0.05) is 36.2 Å². The van der Waals surface area contributed by atoms with E-state index in [0.29, 0.717) is 16.5 Å².